The minimum absolute atomic E-state index is 0.00788. The molecule has 2 atom stereocenters. The van der Waals surface area contributed by atoms with Crippen LogP contribution in [0.4, 0.5) is 0 Å². The molecule has 2 rings (SSSR count). The minimum atomic E-state index is -3.66. The molecule has 1 fully saturated rings. The predicted molar refractivity (Wildman–Crippen MR) is 105 cm³/mol. The molecule has 0 bridgehead atoms. The standard InChI is InChI=1S/C18H33N5O3S/c1-12(2)16(19)8-10-22(5)18(24)15-7-6-9-23(11-15)27(25,26)17-13(3)20-21-14(17)4/h12,15-16H,6-11,19H2,1-5H3,(H,20,21). The Morgan fingerprint density at radius 2 is 2.07 bits per heavy atom. The van der Waals surface area contributed by atoms with E-state index < -0.39 is 10.0 Å². The van der Waals surface area contributed by atoms with Crippen LogP contribution in [0.1, 0.15) is 44.5 Å². The van der Waals surface area contributed by atoms with E-state index in [0.717, 1.165) is 6.42 Å². The van der Waals surface area contributed by atoms with E-state index in [-0.39, 0.29) is 29.3 Å². The van der Waals surface area contributed by atoms with Crippen molar-refractivity contribution in [1.29, 1.82) is 0 Å². The highest BCUT2D eigenvalue weighted by Crippen LogP contribution is 2.27. The van der Waals surface area contributed by atoms with Crippen LogP contribution in [0.15, 0.2) is 4.90 Å². The Morgan fingerprint density at radius 3 is 2.63 bits per heavy atom. The van der Waals surface area contributed by atoms with Gasteiger partial charge in [0.05, 0.1) is 17.3 Å². The van der Waals surface area contributed by atoms with E-state index in [1.807, 2.05) is 0 Å². The summed E-state index contributed by atoms with van der Waals surface area (Å²) in [4.78, 5) is 14.7. The summed E-state index contributed by atoms with van der Waals surface area (Å²) in [5, 5.41) is 6.72. The topological polar surface area (TPSA) is 112 Å². The number of carbonyl (C=O) groups is 1. The molecule has 0 saturated carbocycles. The van der Waals surface area contributed by atoms with E-state index in [2.05, 4.69) is 24.0 Å². The van der Waals surface area contributed by atoms with Crippen molar-refractivity contribution in [2.45, 2.75) is 57.9 Å². The van der Waals surface area contributed by atoms with Crippen molar-refractivity contribution in [1.82, 2.24) is 19.4 Å². The molecule has 0 radical (unpaired) electrons. The van der Waals surface area contributed by atoms with Crippen molar-refractivity contribution < 1.29 is 13.2 Å². The Morgan fingerprint density at radius 1 is 1.41 bits per heavy atom. The number of piperidine rings is 1. The summed E-state index contributed by atoms with van der Waals surface area (Å²) in [5.74, 6) is 0.0399. The number of H-pyrrole nitrogens is 1. The highest BCUT2D eigenvalue weighted by Gasteiger charge is 2.36. The van der Waals surface area contributed by atoms with Crippen LogP contribution in [-0.2, 0) is 14.8 Å². The average Bonchev–Trinajstić information content (AvgIpc) is 2.97. The summed E-state index contributed by atoms with van der Waals surface area (Å²) < 4.78 is 27.5. The van der Waals surface area contributed by atoms with Gasteiger partial charge in [-0.05, 0) is 39.0 Å². The molecular weight excluding hydrogens is 366 g/mol. The van der Waals surface area contributed by atoms with Gasteiger partial charge in [-0.2, -0.15) is 9.40 Å². The van der Waals surface area contributed by atoms with Crippen LogP contribution in [0, 0.1) is 25.7 Å². The van der Waals surface area contributed by atoms with E-state index in [1.54, 1.807) is 25.8 Å². The molecule has 0 aromatic carbocycles. The van der Waals surface area contributed by atoms with Gasteiger partial charge in [-0.25, -0.2) is 8.42 Å². The zero-order chi connectivity index (χ0) is 20.4. The zero-order valence-corrected chi connectivity index (χ0v) is 17.8. The third-order valence-electron chi connectivity index (χ3n) is 5.42. The number of nitrogens with zero attached hydrogens (tertiary/aromatic N) is 3. The van der Waals surface area contributed by atoms with Crippen molar-refractivity contribution in [3.05, 3.63) is 11.4 Å². The molecule has 9 heteroatoms. The fourth-order valence-electron chi connectivity index (χ4n) is 3.51. The summed E-state index contributed by atoms with van der Waals surface area (Å²) >= 11 is 0. The Bertz CT molecular complexity index is 740. The van der Waals surface area contributed by atoms with Crippen LogP contribution >= 0.6 is 0 Å². The van der Waals surface area contributed by atoms with E-state index in [0.29, 0.717) is 43.2 Å². The molecule has 3 N–H and O–H groups in total. The third-order valence-corrected chi connectivity index (χ3v) is 7.55. The van der Waals surface area contributed by atoms with Gasteiger partial charge >= 0.3 is 0 Å². The Hall–Kier alpha value is -1.45. The molecule has 1 saturated heterocycles. The molecule has 1 aromatic heterocycles. The predicted octanol–water partition coefficient (Wildman–Crippen LogP) is 1.26. The molecule has 1 amide bonds. The number of nitrogens with two attached hydrogens (primary N) is 1. The first-order chi connectivity index (χ1) is 12.6. The molecule has 27 heavy (non-hydrogen) atoms. The van der Waals surface area contributed by atoms with Gasteiger partial charge in [0.15, 0.2) is 0 Å². The van der Waals surface area contributed by atoms with Crippen LogP contribution in [0.3, 0.4) is 0 Å². The number of aryl methyl sites for hydroxylation is 2. The van der Waals surface area contributed by atoms with Gasteiger partial charge in [-0.1, -0.05) is 13.8 Å². The van der Waals surface area contributed by atoms with Gasteiger partial charge in [0, 0.05) is 32.7 Å². The minimum Gasteiger partial charge on any atom is -0.345 e. The van der Waals surface area contributed by atoms with E-state index in [1.165, 1.54) is 4.31 Å². The van der Waals surface area contributed by atoms with Gasteiger partial charge in [-0.15, -0.1) is 0 Å². The zero-order valence-electron chi connectivity index (χ0n) is 17.0. The van der Waals surface area contributed by atoms with Crippen molar-refractivity contribution in [2.75, 3.05) is 26.7 Å². The van der Waals surface area contributed by atoms with Crippen molar-refractivity contribution >= 4 is 15.9 Å². The molecule has 1 aliphatic heterocycles. The van der Waals surface area contributed by atoms with Crippen molar-refractivity contribution in [3.8, 4) is 0 Å². The second-order valence-corrected chi connectivity index (χ2v) is 9.80. The second-order valence-electron chi connectivity index (χ2n) is 7.92. The summed E-state index contributed by atoms with van der Waals surface area (Å²) in [6.07, 6.45) is 2.11. The number of amides is 1. The number of hydrogen-bond acceptors (Lipinski definition) is 5. The number of aromatic amines is 1. The monoisotopic (exact) mass is 399 g/mol. The smallest absolute Gasteiger partial charge is 0.246 e. The number of rotatable bonds is 7. The highest BCUT2D eigenvalue weighted by molar-refractivity contribution is 7.89. The fraction of sp³-hybridized carbons (Fsp3) is 0.778. The molecule has 1 aromatic rings. The van der Waals surface area contributed by atoms with Gasteiger partial charge in [0.2, 0.25) is 15.9 Å². The molecule has 154 valence electrons. The fourth-order valence-corrected chi connectivity index (χ4v) is 5.37. The van der Waals surface area contributed by atoms with Gasteiger partial charge in [0.1, 0.15) is 4.90 Å². The summed E-state index contributed by atoms with van der Waals surface area (Å²) in [7, 11) is -1.89. The van der Waals surface area contributed by atoms with Crippen LogP contribution in [0.5, 0.6) is 0 Å². The lowest BCUT2D eigenvalue weighted by molar-refractivity contribution is -0.135. The summed E-state index contributed by atoms with van der Waals surface area (Å²) in [5.41, 5.74) is 7.06. The van der Waals surface area contributed by atoms with E-state index in [9.17, 15) is 13.2 Å². The molecule has 1 aliphatic rings. The molecular formula is C18H33N5O3S. The first-order valence-corrected chi connectivity index (χ1v) is 11.0. The lowest BCUT2D eigenvalue weighted by atomic mass is 9.97. The quantitative estimate of drug-likeness (QED) is 0.717. The maximum atomic E-state index is 13.0. The van der Waals surface area contributed by atoms with Crippen molar-refractivity contribution in [2.24, 2.45) is 17.6 Å². The number of hydrogen-bond donors (Lipinski definition) is 2. The van der Waals surface area contributed by atoms with Crippen LogP contribution in [0.2, 0.25) is 0 Å². The first kappa shape index (κ1) is 21.8. The van der Waals surface area contributed by atoms with Gasteiger partial charge < -0.3 is 10.6 Å². The molecule has 8 nitrogen and oxygen atoms in total. The van der Waals surface area contributed by atoms with Gasteiger partial charge in [0.25, 0.3) is 0 Å². The van der Waals surface area contributed by atoms with Gasteiger partial charge in [-0.3, -0.25) is 9.89 Å². The molecule has 0 spiro atoms. The first-order valence-electron chi connectivity index (χ1n) is 9.58. The molecule has 2 unspecified atom stereocenters. The SMILES string of the molecule is Cc1n[nH]c(C)c1S(=O)(=O)N1CCCC(C(=O)N(C)CCC(N)C(C)C)C1. The maximum absolute atomic E-state index is 13.0. The summed E-state index contributed by atoms with van der Waals surface area (Å²) in [6.45, 7) is 8.73. The van der Waals surface area contributed by atoms with Crippen LogP contribution in [0.25, 0.3) is 0 Å². The number of sulfonamides is 1. The Labute approximate surface area is 162 Å². The van der Waals surface area contributed by atoms with E-state index in [4.69, 9.17) is 5.73 Å². The van der Waals surface area contributed by atoms with E-state index >= 15 is 0 Å². The molecule has 0 aliphatic carbocycles. The third kappa shape index (κ3) is 4.89. The number of aromatic nitrogens is 2. The lowest BCUT2D eigenvalue weighted by Gasteiger charge is -2.33. The Balaban J connectivity index is 2.06. The van der Waals surface area contributed by atoms with Crippen LogP contribution < -0.4 is 5.73 Å². The highest BCUT2D eigenvalue weighted by atomic mass is 32.2. The normalized spacial score (nSPS) is 20.0. The Kier molecular flexibility index (Phi) is 7.04. The van der Waals surface area contributed by atoms with Crippen LogP contribution in [-0.4, -0.2) is 66.5 Å². The largest absolute Gasteiger partial charge is 0.345 e. The van der Waals surface area contributed by atoms with Crippen molar-refractivity contribution in [3.63, 3.8) is 0 Å². The number of carbonyl (C=O) groups excluding carboxylic acids is 1. The molecule has 2 heterocycles. The average molecular weight is 400 g/mol. The maximum Gasteiger partial charge on any atom is 0.246 e. The lowest BCUT2D eigenvalue weighted by Crippen LogP contribution is -2.46. The second kappa shape index (κ2) is 8.70. The number of nitrogens with one attached hydrogen (secondary N) is 1. The summed E-state index contributed by atoms with van der Waals surface area (Å²) in [6, 6.07) is 0.0514.